The minimum atomic E-state index is -0.0688. The van der Waals surface area contributed by atoms with Crippen LogP contribution < -0.4 is 0 Å². The van der Waals surface area contributed by atoms with Gasteiger partial charge in [-0.3, -0.25) is 0 Å². The van der Waals surface area contributed by atoms with Crippen molar-refractivity contribution in [2.75, 3.05) is 0 Å². The maximum Gasteiger partial charge on any atom is 0.0146 e. The molecule has 2 aromatic carbocycles. The van der Waals surface area contributed by atoms with Crippen LogP contribution >= 0.6 is 0 Å². The van der Waals surface area contributed by atoms with Crippen molar-refractivity contribution in [3.05, 3.63) is 106 Å². The van der Waals surface area contributed by atoms with Gasteiger partial charge in [-0.1, -0.05) is 100 Å². The molecular weight excluding hydrogens is 348 g/mol. The van der Waals surface area contributed by atoms with Crippen molar-refractivity contribution >= 4 is 11.6 Å². The van der Waals surface area contributed by atoms with Crippen LogP contribution in [-0.4, -0.2) is 0 Å². The van der Waals surface area contributed by atoms with E-state index in [9.17, 15) is 0 Å². The second-order valence-electron chi connectivity index (χ2n) is 9.11. The first-order valence-corrected chi connectivity index (χ1v) is 10.9. The van der Waals surface area contributed by atoms with E-state index in [0.717, 1.165) is 12.8 Å². The Morgan fingerprint density at radius 3 is 2.62 bits per heavy atom. The van der Waals surface area contributed by atoms with E-state index >= 15 is 0 Å². The summed E-state index contributed by atoms with van der Waals surface area (Å²) in [5, 5.41) is 0. The molecule has 0 amide bonds. The van der Waals surface area contributed by atoms with Crippen LogP contribution in [-0.2, 0) is 18.3 Å². The molecule has 0 saturated heterocycles. The standard InChI is InChI=1S/C29H32/c1-6-9-25-19-26-18-23(13-15-27(26)21(25)3)17-22-12-14-24-10-7-8-11-28(24)29(4,5)20(2)16-22/h7-8,10-16,18H,2,6,9,17,19H2,1,3-5H3/b14-12?,22-16+. The van der Waals surface area contributed by atoms with Gasteiger partial charge in [0.05, 0.1) is 0 Å². The topological polar surface area (TPSA) is 0 Å². The highest BCUT2D eigenvalue weighted by Crippen LogP contribution is 2.38. The Balaban J connectivity index is 1.63. The summed E-state index contributed by atoms with van der Waals surface area (Å²) in [5.74, 6) is 0. The maximum atomic E-state index is 4.44. The van der Waals surface area contributed by atoms with E-state index in [2.05, 4.69) is 95.0 Å². The lowest BCUT2D eigenvalue weighted by molar-refractivity contribution is 0.638. The Bertz CT molecular complexity index is 1050. The molecule has 0 spiro atoms. The Morgan fingerprint density at radius 2 is 1.83 bits per heavy atom. The van der Waals surface area contributed by atoms with Gasteiger partial charge in [0.15, 0.2) is 0 Å². The molecule has 0 radical (unpaired) electrons. The molecule has 29 heavy (non-hydrogen) atoms. The second-order valence-corrected chi connectivity index (χ2v) is 9.11. The van der Waals surface area contributed by atoms with Crippen LogP contribution in [0.5, 0.6) is 0 Å². The molecule has 2 aromatic rings. The zero-order valence-electron chi connectivity index (χ0n) is 18.3. The molecule has 0 heteroatoms. The number of fused-ring (bicyclic) bond motifs is 2. The summed E-state index contributed by atoms with van der Waals surface area (Å²) in [6.07, 6.45) is 11.4. The van der Waals surface area contributed by atoms with Gasteiger partial charge >= 0.3 is 0 Å². The van der Waals surface area contributed by atoms with Gasteiger partial charge < -0.3 is 0 Å². The van der Waals surface area contributed by atoms with E-state index in [4.69, 9.17) is 0 Å². The highest BCUT2D eigenvalue weighted by Gasteiger charge is 2.26. The smallest absolute Gasteiger partial charge is 0.0146 e. The van der Waals surface area contributed by atoms with Crippen molar-refractivity contribution in [1.82, 2.24) is 0 Å². The average molecular weight is 381 g/mol. The van der Waals surface area contributed by atoms with Gasteiger partial charge in [0.2, 0.25) is 0 Å². The third-order valence-electron chi connectivity index (χ3n) is 6.74. The van der Waals surface area contributed by atoms with Crippen LogP contribution in [0, 0.1) is 0 Å². The van der Waals surface area contributed by atoms with Crippen LogP contribution in [0.25, 0.3) is 11.6 Å². The fourth-order valence-electron chi connectivity index (χ4n) is 4.78. The fraction of sp³-hybridized carbons (Fsp3) is 0.310. The maximum absolute atomic E-state index is 4.44. The zero-order chi connectivity index (χ0) is 20.6. The van der Waals surface area contributed by atoms with E-state index in [0.29, 0.717) is 0 Å². The fourth-order valence-corrected chi connectivity index (χ4v) is 4.78. The lowest BCUT2D eigenvalue weighted by Crippen LogP contribution is -2.21. The van der Waals surface area contributed by atoms with Gasteiger partial charge in [0, 0.05) is 5.41 Å². The molecular formula is C29H32. The summed E-state index contributed by atoms with van der Waals surface area (Å²) in [4.78, 5) is 0. The molecule has 0 saturated carbocycles. The Kier molecular flexibility index (Phi) is 5.21. The van der Waals surface area contributed by atoms with Gasteiger partial charge in [0.1, 0.15) is 0 Å². The first-order valence-electron chi connectivity index (χ1n) is 10.9. The van der Waals surface area contributed by atoms with E-state index in [1.165, 1.54) is 57.4 Å². The third-order valence-corrected chi connectivity index (χ3v) is 6.74. The number of hydrogen-bond donors (Lipinski definition) is 0. The normalized spacial score (nSPS) is 19.3. The summed E-state index contributed by atoms with van der Waals surface area (Å²) >= 11 is 0. The quantitative estimate of drug-likeness (QED) is 0.506. The minimum absolute atomic E-state index is 0.0688. The van der Waals surface area contributed by atoms with Crippen molar-refractivity contribution in [1.29, 1.82) is 0 Å². The van der Waals surface area contributed by atoms with E-state index < -0.39 is 0 Å². The highest BCUT2D eigenvalue weighted by atomic mass is 14.3. The Hall–Kier alpha value is -2.60. The molecule has 0 bridgehead atoms. The summed E-state index contributed by atoms with van der Waals surface area (Å²) < 4.78 is 0. The van der Waals surface area contributed by atoms with Crippen LogP contribution in [0.4, 0.5) is 0 Å². The van der Waals surface area contributed by atoms with Crippen molar-refractivity contribution in [3.63, 3.8) is 0 Å². The molecule has 0 N–H and O–H groups in total. The van der Waals surface area contributed by atoms with Crippen LogP contribution in [0.15, 0.2) is 77.9 Å². The first kappa shape index (κ1) is 19.7. The van der Waals surface area contributed by atoms with Crippen molar-refractivity contribution in [2.45, 2.75) is 58.8 Å². The number of benzene rings is 2. The van der Waals surface area contributed by atoms with E-state index in [-0.39, 0.29) is 5.41 Å². The average Bonchev–Trinajstić information content (AvgIpc) is 3.01. The molecule has 0 aromatic heterocycles. The van der Waals surface area contributed by atoms with E-state index in [1.807, 2.05) is 0 Å². The highest BCUT2D eigenvalue weighted by molar-refractivity contribution is 5.75. The predicted octanol–water partition coefficient (Wildman–Crippen LogP) is 7.85. The van der Waals surface area contributed by atoms with Crippen molar-refractivity contribution in [3.8, 4) is 0 Å². The van der Waals surface area contributed by atoms with Gasteiger partial charge in [-0.25, -0.2) is 0 Å². The van der Waals surface area contributed by atoms with Crippen LogP contribution in [0.1, 0.15) is 68.4 Å². The summed E-state index contributed by atoms with van der Waals surface area (Å²) in [7, 11) is 0. The number of rotatable bonds is 4. The molecule has 2 aliphatic rings. The molecule has 0 heterocycles. The minimum Gasteiger partial charge on any atom is -0.0949 e. The monoisotopic (exact) mass is 380 g/mol. The molecule has 2 aliphatic carbocycles. The molecule has 0 atom stereocenters. The lowest BCUT2D eigenvalue weighted by atomic mass is 9.74. The predicted molar refractivity (Wildman–Crippen MR) is 127 cm³/mol. The van der Waals surface area contributed by atoms with Gasteiger partial charge in [-0.15, -0.1) is 0 Å². The van der Waals surface area contributed by atoms with Crippen LogP contribution in [0.2, 0.25) is 0 Å². The van der Waals surface area contributed by atoms with Gasteiger partial charge in [0.25, 0.3) is 0 Å². The molecule has 0 unspecified atom stereocenters. The molecule has 0 nitrogen and oxygen atoms in total. The molecule has 4 rings (SSSR count). The summed E-state index contributed by atoms with van der Waals surface area (Å²) in [5.41, 5.74) is 12.6. The first-order chi connectivity index (χ1) is 13.9. The molecule has 0 fully saturated rings. The van der Waals surface area contributed by atoms with E-state index in [1.54, 1.807) is 5.57 Å². The molecule has 148 valence electrons. The van der Waals surface area contributed by atoms with Gasteiger partial charge in [-0.2, -0.15) is 0 Å². The van der Waals surface area contributed by atoms with Crippen molar-refractivity contribution < 1.29 is 0 Å². The summed E-state index contributed by atoms with van der Waals surface area (Å²) in [6, 6.07) is 15.8. The number of allylic oxidation sites excluding steroid dienone is 6. The second kappa shape index (κ2) is 7.67. The molecule has 0 aliphatic heterocycles. The number of hydrogen-bond acceptors (Lipinski definition) is 0. The Morgan fingerprint density at radius 1 is 1.03 bits per heavy atom. The SMILES string of the molecule is C=C1/C=C(/Cc2ccc3c(c2)CC(CCC)=C3C)C=Cc2ccccc2C1(C)C. The van der Waals surface area contributed by atoms with Crippen molar-refractivity contribution in [2.24, 2.45) is 0 Å². The van der Waals surface area contributed by atoms with Crippen LogP contribution in [0.3, 0.4) is 0 Å². The van der Waals surface area contributed by atoms with Gasteiger partial charge in [-0.05, 0) is 70.7 Å². The summed E-state index contributed by atoms with van der Waals surface area (Å²) in [6.45, 7) is 13.6. The lowest BCUT2D eigenvalue weighted by Gasteiger charge is -2.30. The largest absolute Gasteiger partial charge is 0.0949 e. The Labute approximate surface area is 176 Å². The zero-order valence-corrected chi connectivity index (χ0v) is 18.3. The third kappa shape index (κ3) is 3.69.